The van der Waals surface area contributed by atoms with E-state index >= 15 is 0 Å². The Morgan fingerprint density at radius 3 is 2.16 bits per heavy atom. The maximum absolute atomic E-state index is 13.2. The fourth-order valence-electron chi connectivity index (χ4n) is 3.96. The van der Waals surface area contributed by atoms with Crippen LogP contribution in [0.4, 0.5) is 24.9 Å². The first-order valence-corrected chi connectivity index (χ1v) is 13.1. The van der Waals surface area contributed by atoms with Gasteiger partial charge in [-0.05, 0) is 30.7 Å². The van der Waals surface area contributed by atoms with Gasteiger partial charge in [0.2, 0.25) is 16.0 Å². The highest BCUT2D eigenvalue weighted by Crippen LogP contribution is 2.29. The van der Waals surface area contributed by atoms with Crippen molar-refractivity contribution in [3.05, 3.63) is 35.5 Å². The van der Waals surface area contributed by atoms with Crippen LogP contribution in [0, 0.1) is 0 Å². The largest absolute Gasteiger partial charge is 0.497 e. The molecular formula is C23H30F3N5O6S. The molecule has 0 aliphatic carbocycles. The molecule has 0 radical (unpaired) electrons. The second-order valence-corrected chi connectivity index (χ2v) is 10.6. The van der Waals surface area contributed by atoms with Crippen molar-refractivity contribution in [1.82, 2.24) is 14.3 Å². The van der Waals surface area contributed by atoms with Crippen molar-refractivity contribution < 1.29 is 41.0 Å². The van der Waals surface area contributed by atoms with E-state index in [1.807, 2.05) is 19.0 Å². The molecule has 0 spiro atoms. The monoisotopic (exact) mass is 561 g/mol. The number of nitrogens with zero attached hydrogens (tertiary/aromatic N) is 5. The van der Waals surface area contributed by atoms with E-state index in [-0.39, 0.29) is 4.90 Å². The molecule has 1 saturated heterocycles. The zero-order valence-electron chi connectivity index (χ0n) is 21.2. The van der Waals surface area contributed by atoms with Gasteiger partial charge in [-0.2, -0.15) is 22.5 Å². The zero-order chi connectivity index (χ0) is 28.1. The van der Waals surface area contributed by atoms with Crippen LogP contribution in [0.2, 0.25) is 0 Å². The van der Waals surface area contributed by atoms with Gasteiger partial charge in [0.1, 0.15) is 11.6 Å². The summed E-state index contributed by atoms with van der Waals surface area (Å²) < 4.78 is 70.4. The number of anilines is 2. The van der Waals surface area contributed by atoms with Gasteiger partial charge in [-0.15, -0.1) is 0 Å². The van der Waals surface area contributed by atoms with Gasteiger partial charge >= 0.3 is 12.1 Å². The van der Waals surface area contributed by atoms with Crippen LogP contribution < -0.4 is 14.5 Å². The number of ether oxygens (including phenoxy) is 2. The van der Waals surface area contributed by atoms with Crippen molar-refractivity contribution in [2.75, 3.05) is 70.4 Å². The number of carboxylic acids is 1. The third-order valence-electron chi connectivity index (χ3n) is 5.93. The lowest BCUT2D eigenvalue weighted by Gasteiger charge is -2.28. The predicted molar refractivity (Wildman–Crippen MR) is 132 cm³/mol. The van der Waals surface area contributed by atoms with Crippen LogP contribution in [-0.4, -0.2) is 101 Å². The first-order valence-electron chi connectivity index (χ1n) is 11.7. The minimum absolute atomic E-state index is 0.271. The molecule has 1 aromatic heterocycles. The third-order valence-corrected chi connectivity index (χ3v) is 7.84. The number of alkyl halides is 3. The van der Waals surface area contributed by atoms with Crippen LogP contribution in [0.25, 0.3) is 0 Å². The number of rotatable bonds is 5. The van der Waals surface area contributed by atoms with Gasteiger partial charge in [-0.25, -0.2) is 18.2 Å². The Kier molecular flexibility index (Phi) is 9.38. The number of aliphatic carboxylic acids is 1. The predicted octanol–water partition coefficient (Wildman–Crippen LogP) is 1.81. The van der Waals surface area contributed by atoms with Gasteiger partial charge in [0.15, 0.2) is 0 Å². The number of carboxylic acid groups (broad SMARTS) is 1. The Morgan fingerprint density at radius 1 is 1.05 bits per heavy atom. The summed E-state index contributed by atoms with van der Waals surface area (Å²) in [5.41, 5.74) is 1.95. The molecule has 0 saturated carbocycles. The molecule has 1 aromatic carbocycles. The Labute approximate surface area is 218 Å². The Hall–Kier alpha value is -3.17. The van der Waals surface area contributed by atoms with E-state index in [1.54, 1.807) is 35.7 Å². The van der Waals surface area contributed by atoms with Crippen LogP contribution in [0.1, 0.15) is 11.3 Å². The van der Waals surface area contributed by atoms with Crippen LogP contribution in [0.3, 0.4) is 0 Å². The molecule has 2 aromatic rings. The maximum Gasteiger partial charge on any atom is 0.490 e. The summed E-state index contributed by atoms with van der Waals surface area (Å²) in [6, 6.07) is 6.52. The SMILES string of the molecule is COc1ccc(S(=O)(=O)N2CCc3nc(N4CCOCC4)nc(N(C)C)c3CC2)cc1.O=C(O)C(F)(F)F. The summed E-state index contributed by atoms with van der Waals surface area (Å²) in [5.74, 6) is -0.580. The lowest BCUT2D eigenvalue weighted by molar-refractivity contribution is -0.192. The van der Waals surface area contributed by atoms with E-state index in [0.29, 0.717) is 50.8 Å². The summed E-state index contributed by atoms with van der Waals surface area (Å²) in [7, 11) is 1.88. The van der Waals surface area contributed by atoms with Crippen LogP contribution >= 0.6 is 0 Å². The molecule has 38 heavy (non-hydrogen) atoms. The first kappa shape index (κ1) is 29.4. The van der Waals surface area contributed by atoms with Gasteiger partial charge in [0.25, 0.3) is 0 Å². The fraction of sp³-hybridized carbons (Fsp3) is 0.522. The molecule has 1 N–H and O–H groups in total. The van der Waals surface area contributed by atoms with Crippen LogP contribution in [0.15, 0.2) is 29.2 Å². The molecule has 0 bridgehead atoms. The Morgan fingerprint density at radius 2 is 1.63 bits per heavy atom. The number of aromatic nitrogens is 2. The number of sulfonamides is 1. The van der Waals surface area contributed by atoms with Gasteiger partial charge < -0.3 is 24.4 Å². The van der Waals surface area contributed by atoms with E-state index in [0.717, 1.165) is 30.2 Å². The number of benzene rings is 1. The maximum atomic E-state index is 13.2. The molecular weight excluding hydrogens is 531 g/mol. The van der Waals surface area contributed by atoms with Gasteiger partial charge in [-0.1, -0.05) is 0 Å². The summed E-state index contributed by atoms with van der Waals surface area (Å²) in [5, 5.41) is 7.12. The van der Waals surface area contributed by atoms with Crippen molar-refractivity contribution in [2.24, 2.45) is 0 Å². The van der Waals surface area contributed by atoms with E-state index in [4.69, 9.17) is 29.3 Å². The Bertz CT molecular complexity index is 1220. The van der Waals surface area contributed by atoms with Crippen molar-refractivity contribution in [1.29, 1.82) is 0 Å². The molecule has 2 aliphatic rings. The molecule has 15 heteroatoms. The summed E-state index contributed by atoms with van der Waals surface area (Å²) in [4.78, 5) is 22.9. The van der Waals surface area contributed by atoms with E-state index in [9.17, 15) is 21.6 Å². The van der Waals surface area contributed by atoms with Crippen molar-refractivity contribution >= 4 is 27.8 Å². The summed E-state index contributed by atoms with van der Waals surface area (Å²) in [6.07, 6.45) is -3.97. The number of morpholine rings is 1. The normalized spacial score (nSPS) is 16.5. The molecule has 2 aliphatic heterocycles. The standard InChI is InChI=1S/C21H29N5O4S.C2HF3O2/c1-24(2)20-18-8-10-26(31(27,28)17-6-4-16(29-3)5-7-17)11-9-19(18)22-21(23-20)25-12-14-30-15-13-25;3-2(4,5)1(6)7/h4-7H,8-15H2,1-3H3;(H,6,7). The van der Waals surface area contributed by atoms with E-state index < -0.39 is 22.2 Å². The highest BCUT2D eigenvalue weighted by molar-refractivity contribution is 7.89. The lowest BCUT2D eigenvalue weighted by Crippen LogP contribution is -2.38. The van der Waals surface area contributed by atoms with E-state index in [1.165, 1.54) is 0 Å². The number of fused-ring (bicyclic) bond motifs is 1. The number of halogens is 3. The third kappa shape index (κ3) is 7.02. The summed E-state index contributed by atoms with van der Waals surface area (Å²) in [6.45, 7) is 3.60. The fourth-order valence-corrected chi connectivity index (χ4v) is 5.40. The number of hydrogen-bond acceptors (Lipinski definition) is 9. The summed E-state index contributed by atoms with van der Waals surface area (Å²) >= 11 is 0. The minimum Gasteiger partial charge on any atom is -0.497 e. The van der Waals surface area contributed by atoms with Crippen molar-refractivity contribution in [3.63, 3.8) is 0 Å². The smallest absolute Gasteiger partial charge is 0.490 e. The molecule has 3 heterocycles. The second-order valence-electron chi connectivity index (χ2n) is 8.65. The van der Waals surface area contributed by atoms with Gasteiger partial charge in [0, 0.05) is 52.3 Å². The molecule has 210 valence electrons. The number of carbonyl (C=O) groups is 1. The quantitative estimate of drug-likeness (QED) is 0.578. The highest BCUT2D eigenvalue weighted by atomic mass is 32.2. The van der Waals surface area contributed by atoms with Crippen LogP contribution in [0.5, 0.6) is 5.75 Å². The molecule has 11 nitrogen and oxygen atoms in total. The average Bonchev–Trinajstić information content (AvgIpc) is 3.11. The minimum atomic E-state index is -5.08. The number of methoxy groups -OCH3 is 1. The topological polar surface area (TPSA) is 125 Å². The number of hydrogen-bond donors (Lipinski definition) is 1. The Balaban J connectivity index is 0.000000505. The molecule has 0 amide bonds. The average molecular weight is 562 g/mol. The molecule has 1 fully saturated rings. The van der Waals surface area contributed by atoms with Crippen molar-refractivity contribution in [2.45, 2.75) is 23.9 Å². The first-order chi connectivity index (χ1) is 17.8. The van der Waals surface area contributed by atoms with Crippen molar-refractivity contribution in [3.8, 4) is 5.75 Å². The van der Waals surface area contributed by atoms with Crippen LogP contribution in [-0.2, 0) is 32.4 Å². The molecule has 4 rings (SSSR count). The zero-order valence-corrected chi connectivity index (χ0v) is 22.0. The van der Waals surface area contributed by atoms with Gasteiger partial charge in [-0.3, -0.25) is 0 Å². The van der Waals surface area contributed by atoms with Gasteiger partial charge in [0.05, 0.1) is 30.9 Å². The molecule has 0 unspecified atom stereocenters. The highest BCUT2D eigenvalue weighted by Gasteiger charge is 2.38. The lowest BCUT2D eigenvalue weighted by atomic mass is 10.1. The van der Waals surface area contributed by atoms with E-state index in [2.05, 4.69) is 4.90 Å². The second kappa shape index (κ2) is 12.1. The molecule has 0 atom stereocenters.